The van der Waals surface area contributed by atoms with E-state index in [1.807, 2.05) is 0 Å². The van der Waals surface area contributed by atoms with Gasteiger partial charge in [-0.05, 0) is 0 Å². The third-order valence-corrected chi connectivity index (χ3v) is 12.3. The van der Waals surface area contributed by atoms with Crippen LogP contribution < -0.4 is 0 Å². The van der Waals surface area contributed by atoms with Gasteiger partial charge in [-0.1, -0.05) is 0 Å². The molecule has 0 unspecified atom stereocenters. The molecule has 0 amide bonds. The fraction of sp³-hybridized carbons (Fsp3) is 1.00. The second-order valence-electron chi connectivity index (χ2n) is 5.61. The van der Waals surface area contributed by atoms with Crippen LogP contribution in [0.4, 0.5) is 0 Å². The Morgan fingerprint density at radius 1 is 0.923 bits per heavy atom. The van der Waals surface area contributed by atoms with Crippen molar-refractivity contribution in [3.63, 3.8) is 0 Å². The molecule has 1 aliphatic rings. The summed E-state index contributed by atoms with van der Waals surface area (Å²) in [4.78, 5) is 0. The minimum atomic E-state index is -1.88. The molecule has 1 aliphatic heterocycles. The van der Waals surface area contributed by atoms with Crippen LogP contribution in [0.5, 0.6) is 0 Å². The zero-order valence-corrected chi connectivity index (χ0v) is 13.1. The third kappa shape index (κ3) is 2.52. The first-order valence-corrected chi connectivity index (χ1v) is 10.9. The average Bonchev–Trinajstić information content (AvgIpc) is 1.77. The summed E-state index contributed by atoms with van der Waals surface area (Å²) in [6.07, 6.45) is 0. The molecule has 13 heavy (non-hydrogen) atoms. The van der Waals surface area contributed by atoms with Crippen molar-refractivity contribution in [1.29, 1.82) is 0 Å². The fourth-order valence-electron chi connectivity index (χ4n) is 1.30. The van der Waals surface area contributed by atoms with Crippen LogP contribution in [0.2, 0.25) is 0 Å². The Labute approximate surface area is 93.4 Å². The van der Waals surface area contributed by atoms with Crippen molar-refractivity contribution in [3.8, 4) is 0 Å². The van der Waals surface area contributed by atoms with Gasteiger partial charge in [0.1, 0.15) is 0 Å². The van der Waals surface area contributed by atoms with Crippen LogP contribution >= 0.6 is 8.92 Å². The van der Waals surface area contributed by atoms with Gasteiger partial charge >= 0.3 is 93.6 Å². The van der Waals surface area contributed by atoms with Gasteiger partial charge in [0, 0.05) is 0 Å². The maximum absolute atomic E-state index is 6.50. The van der Waals surface area contributed by atoms with E-state index in [1.165, 1.54) is 0 Å². The molecule has 4 heteroatoms. The summed E-state index contributed by atoms with van der Waals surface area (Å²) in [5.41, 5.74) is 0.524. The molecule has 0 aliphatic carbocycles. The van der Waals surface area contributed by atoms with Crippen LogP contribution in [0, 0.1) is 0 Å². The van der Waals surface area contributed by atoms with E-state index < -0.39 is 19.2 Å². The van der Waals surface area contributed by atoms with Crippen LogP contribution in [-0.4, -0.2) is 43.2 Å². The second-order valence-corrected chi connectivity index (χ2v) is 12.5. The molecule has 0 spiro atoms. The van der Waals surface area contributed by atoms with Gasteiger partial charge in [-0.25, -0.2) is 0 Å². The van der Waals surface area contributed by atoms with E-state index in [9.17, 15) is 0 Å². The number of hydrogen-bond acceptors (Lipinski definition) is 2. The molecule has 1 heterocycles. The summed E-state index contributed by atoms with van der Waals surface area (Å²) in [7, 11) is 6.50. The molecule has 1 fully saturated rings. The summed E-state index contributed by atoms with van der Waals surface area (Å²) >= 11 is -1.88. The molecular weight excluding hydrogens is 290 g/mol. The molecule has 1 radical (unpaired) electrons. The van der Waals surface area contributed by atoms with Crippen molar-refractivity contribution in [3.05, 3.63) is 0 Å². The molecule has 0 aromatic rings. The zero-order valence-electron chi connectivity index (χ0n) is 9.48. The Hall–Kier alpha value is 1.01. The van der Waals surface area contributed by atoms with Crippen LogP contribution in [-0.2, 0) is 0 Å². The molecule has 77 valence electrons. The molecule has 1 rings (SSSR count). The zero-order chi connectivity index (χ0) is 10.4. The van der Waals surface area contributed by atoms with Crippen molar-refractivity contribution < 1.29 is 0 Å². The van der Waals surface area contributed by atoms with E-state index in [0.717, 1.165) is 6.67 Å². The van der Waals surface area contributed by atoms with Crippen molar-refractivity contribution in [2.75, 3.05) is 6.67 Å². The number of rotatable bonds is 0. The molecule has 0 bridgehead atoms. The Balaban J connectivity index is 2.58. The van der Waals surface area contributed by atoms with E-state index in [0.29, 0.717) is 0 Å². The molecular formula is C9H20ClN2Sn. The summed E-state index contributed by atoms with van der Waals surface area (Å²) in [5.74, 6) is 0. The number of nitrogens with zero attached hydrogens (tertiary/aromatic N) is 2. The van der Waals surface area contributed by atoms with Gasteiger partial charge in [0.05, 0.1) is 0 Å². The maximum atomic E-state index is 6.50. The molecule has 0 atom stereocenters. The first-order chi connectivity index (χ1) is 5.64. The summed E-state index contributed by atoms with van der Waals surface area (Å²) in [5, 5.41) is 0. The van der Waals surface area contributed by atoms with Crippen LogP contribution in [0.3, 0.4) is 0 Å². The standard InChI is InChI=1S/C9H20N2.ClH.Sn/c1-8(2,3)10-7-11-9(4,5)6;;/h7H2,1-6H3;1H;/q-2;;+3/p-1. The quantitative estimate of drug-likeness (QED) is 0.634. The molecule has 1 saturated heterocycles. The number of hydrogen-bond donors (Lipinski definition) is 0. The van der Waals surface area contributed by atoms with Gasteiger partial charge < -0.3 is 0 Å². The van der Waals surface area contributed by atoms with Crippen molar-refractivity contribution in [2.24, 2.45) is 0 Å². The van der Waals surface area contributed by atoms with Gasteiger partial charge in [-0.3, -0.25) is 0 Å². The van der Waals surface area contributed by atoms with Gasteiger partial charge in [0.25, 0.3) is 0 Å². The monoisotopic (exact) mass is 311 g/mol. The molecule has 2 nitrogen and oxygen atoms in total. The molecule has 0 N–H and O–H groups in total. The summed E-state index contributed by atoms with van der Waals surface area (Å²) < 4.78 is 4.98. The van der Waals surface area contributed by atoms with E-state index in [-0.39, 0.29) is 11.1 Å². The van der Waals surface area contributed by atoms with Crippen LogP contribution in [0.1, 0.15) is 41.5 Å². The van der Waals surface area contributed by atoms with E-state index in [4.69, 9.17) is 8.92 Å². The predicted molar refractivity (Wildman–Crippen MR) is 59.7 cm³/mol. The fourth-order valence-corrected chi connectivity index (χ4v) is 10.2. The van der Waals surface area contributed by atoms with E-state index in [1.54, 1.807) is 0 Å². The Morgan fingerprint density at radius 3 is 1.38 bits per heavy atom. The summed E-state index contributed by atoms with van der Waals surface area (Å²) in [6.45, 7) is 14.5. The third-order valence-electron chi connectivity index (χ3n) is 2.35. The van der Waals surface area contributed by atoms with Gasteiger partial charge in [-0.2, -0.15) is 0 Å². The molecule has 0 saturated carbocycles. The Bertz CT molecular complexity index is 175. The Kier molecular flexibility index (Phi) is 3.29. The predicted octanol–water partition coefficient (Wildman–Crippen LogP) is 2.38. The first-order valence-electron chi connectivity index (χ1n) is 4.72. The summed E-state index contributed by atoms with van der Waals surface area (Å²) in [6, 6.07) is 0. The van der Waals surface area contributed by atoms with Gasteiger partial charge in [-0.15, -0.1) is 0 Å². The normalized spacial score (nSPS) is 23.3. The van der Waals surface area contributed by atoms with Crippen LogP contribution in [0.15, 0.2) is 0 Å². The van der Waals surface area contributed by atoms with E-state index >= 15 is 0 Å². The number of halogens is 1. The minimum absolute atomic E-state index is 0.262. The van der Waals surface area contributed by atoms with Gasteiger partial charge in [0.2, 0.25) is 0 Å². The second kappa shape index (κ2) is 3.54. The van der Waals surface area contributed by atoms with Crippen molar-refractivity contribution >= 4 is 28.1 Å². The molecule has 0 aromatic heterocycles. The first kappa shape index (κ1) is 12.1. The average molecular weight is 310 g/mol. The van der Waals surface area contributed by atoms with Crippen molar-refractivity contribution in [1.82, 2.24) is 6.24 Å². The topological polar surface area (TPSA) is 6.48 Å². The van der Waals surface area contributed by atoms with Crippen LogP contribution in [0.25, 0.3) is 0 Å². The van der Waals surface area contributed by atoms with E-state index in [2.05, 4.69) is 47.8 Å². The van der Waals surface area contributed by atoms with Gasteiger partial charge in [0.15, 0.2) is 0 Å². The molecule has 0 aromatic carbocycles. The Morgan fingerprint density at radius 2 is 1.23 bits per heavy atom. The SMILES string of the molecule is CC(C)(C)[N]1C[N](C(C)(C)C)[Sn]1[Cl]. The van der Waals surface area contributed by atoms with Crippen molar-refractivity contribution in [2.45, 2.75) is 52.6 Å².